The first kappa shape index (κ1) is 18.4. The molecule has 31 heavy (non-hydrogen) atoms. The Labute approximate surface area is 187 Å². The zero-order chi connectivity index (χ0) is 21.2. The molecule has 1 amide bonds. The lowest BCUT2D eigenvalue weighted by Crippen LogP contribution is -2.55. The van der Waals surface area contributed by atoms with Gasteiger partial charge >= 0.3 is 5.72 Å². The van der Waals surface area contributed by atoms with Gasteiger partial charge in [0.15, 0.2) is 0 Å². The summed E-state index contributed by atoms with van der Waals surface area (Å²) in [4.78, 5) is 13.4. The molecule has 0 fully saturated rings. The van der Waals surface area contributed by atoms with Crippen LogP contribution in [0, 0.1) is 0 Å². The summed E-state index contributed by atoms with van der Waals surface area (Å²) in [5.74, 6) is 1.26. The molecule has 0 radical (unpaired) electrons. The van der Waals surface area contributed by atoms with Gasteiger partial charge in [0, 0.05) is 16.5 Å². The number of hydrogen-bond donors (Lipinski definition) is 1. The van der Waals surface area contributed by atoms with Crippen LogP contribution in [0.25, 0.3) is 0 Å². The molecule has 3 aromatic carbocycles. The number of hydrazone groups is 1. The van der Waals surface area contributed by atoms with Crippen LogP contribution in [0.1, 0.15) is 29.2 Å². The van der Waals surface area contributed by atoms with E-state index >= 15 is 0 Å². The Hall–Kier alpha value is -3.32. The van der Waals surface area contributed by atoms with Crippen molar-refractivity contribution >= 4 is 33.2 Å². The van der Waals surface area contributed by atoms with Crippen LogP contribution in [0.2, 0.25) is 0 Å². The lowest BCUT2D eigenvalue weighted by atomic mass is 9.92. The van der Waals surface area contributed by atoms with Gasteiger partial charge in [-0.25, -0.2) is 5.01 Å². The lowest BCUT2D eigenvalue weighted by Gasteiger charge is -2.44. The van der Waals surface area contributed by atoms with Gasteiger partial charge in [-0.15, -0.1) is 0 Å². The van der Waals surface area contributed by atoms with Gasteiger partial charge in [0.05, 0.1) is 30.1 Å². The average molecular weight is 476 g/mol. The quantitative estimate of drug-likeness (QED) is 0.577. The molecule has 0 bridgehead atoms. The summed E-state index contributed by atoms with van der Waals surface area (Å²) >= 11 is 3.57. The minimum atomic E-state index is -1.34. The summed E-state index contributed by atoms with van der Waals surface area (Å²) in [6.07, 6.45) is 0.663. The van der Waals surface area contributed by atoms with E-state index in [2.05, 4.69) is 21.2 Å². The Bertz CT molecular complexity index is 1260. The second-order valence-electron chi connectivity index (χ2n) is 7.77. The van der Waals surface area contributed by atoms with Crippen molar-refractivity contribution in [3.8, 4) is 11.5 Å². The third-order valence-corrected chi connectivity index (χ3v) is 6.59. The van der Waals surface area contributed by atoms with E-state index in [9.17, 15) is 4.79 Å². The van der Waals surface area contributed by atoms with Crippen molar-refractivity contribution < 1.29 is 14.3 Å². The molecule has 0 saturated carbocycles. The molecule has 0 saturated heterocycles. The molecule has 0 aliphatic carbocycles. The van der Waals surface area contributed by atoms with Gasteiger partial charge in [0.25, 0.3) is 5.91 Å². The minimum Gasteiger partial charge on any atom is -0.497 e. The van der Waals surface area contributed by atoms with Crippen LogP contribution < -0.4 is 14.8 Å². The van der Waals surface area contributed by atoms with E-state index in [-0.39, 0.29) is 11.9 Å². The third kappa shape index (κ3) is 2.56. The Kier molecular flexibility index (Phi) is 3.92. The maximum absolute atomic E-state index is 13.4. The summed E-state index contributed by atoms with van der Waals surface area (Å²) in [6, 6.07) is 21.2. The molecule has 1 spiro atoms. The molecule has 7 heteroatoms. The number of carbonyl (C=O) groups is 1. The number of rotatable bonds is 2. The van der Waals surface area contributed by atoms with Crippen LogP contribution in [-0.4, -0.2) is 23.7 Å². The van der Waals surface area contributed by atoms with Crippen molar-refractivity contribution in [2.45, 2.75) is 18.2 Å². The monoisotopic (exact) mass is 475 g/mol. The van der Waals surface area contributed by atoms with Crippen molar-refractivity contribution in [3.63, 3.8) is 0 Å². The van der Waals surface area contributed by atoms with Crippen LogP contribution in [0.4, 0.5) is 5.69 Å². The van der Waals surface area contributed by atoms with Crippen molar-refractivity contribution in [2.75, 3.05) is 12.4 Å². The molecule has 6 nitrogen and oxygen atoms in total. The predicted octanol–water partition coefficient (Wildman–Crippen LogP) is 4.81. The predicted molar refractivity (Wildman–Crippen MR) is 120 cm³/mol. The van der Waals surface area contributed by atoms with Crippen LogP contribution >= 0.6 is 15.9 Å². The molecule has 6 rings (SSSR count). The van der Waals surface area contributed by atoms with E-state index in [0.29, 0.717) is 12.2 Å². The fraction of sp³-hybridized carbons (Fsp3) is 0.167. The van der Waals surface area contributed by atoms with Gasteiger partial charge in [-0.1, -0.05) is 34.1 Å². The second-order valence-corrected chi connectivity index (χ2v) is 8.68. The number of nitrogens with zero attached hydrogens (tertiary/aromatic N) is 2. The second kappa shape index (κ2) is 6.59. The number of hydrogen-bond acceptors (Lipinski definition) is 5. The topological polar surface area (TPSA) is 63.2 Å². The Balaban J connectivity index is 1.54. The number of para-hydroxylation sites is 1. The van der Waals surface area contributed by atoms with Gasteiger partial charge in [-0.3, -0.25) is 4.79 Å². The maximum atomic E-state index is 13.4. The molecule has 3 heterocycles. The van der Waals surface area contributed by atoms with Crippen LogP contribution in [0.15, 0.2) is 76.3 Å². The van der Waals surface area contributed by atoms with Gasteiger partial charge in [0.2, 0.25) is 0 Å². The zero-order valence-corrected chi connectivity index (χ0v) is 18.2. The normalized spacial score (nSPS) is 22.9. The molecule has 0 aromatic heterocycles. The number of fused-ring (bicyclic) bond motifs is 6. The summed E-state index contributed by atoms with van der Waals surface area (Å²) in [5, 5.41) is 9.77. The lowest BCUT2D eigenvalue weighted by molar-refractivity contribution is -0.161. The highest BCUT2D eigenvalue weighted by molar-refractivity contribution is 9.10. The first-order chi connectivity index (χ1) is 15.1. The van der Waals surface area contributed by atoms with Gasteiger partial charge < -0.3 is 14.8 Å². The van der Waals surface area contributed by atoms with Gasteiger partial charge in [-0.05, 0) is 54.1 Å². The van der Waals surface area contributed by atoms with E-state index in [4.69, 9.17) is 14.6 Å². The van der Waals surface area contributed by atoms with Gasteiger partial charge in [-0.2, -0.15) is 5.10 Å². The highest BCUT2D eigenvalue weighted by Crippen LogP contribution is 2.54. The van der Waals surface area contributed by atoms with Crippen molar-refractivity contribution in [1.82, 2.24) is 5.01 Å². The molecule has 2 atom stereocenters. The fourth-order valence-corrected chi connectivity index (χ4v) is 5.00. The smallest absolute Gasteiger partial charge is 0.306 e. The summed E-state index contributed by atoms with van der Waals surface area (Å²) in [6.45, 7) is 0. The van der Waals surface area contributed by atoms with Crippen LogP contribution in [-0.2, 0) is 10.5 Å². The molecular formula is C24H18BrN3O3. The highest BCUT2D eigenvalue weighted by Gasteiger charge is 2.60. The molecule has 1 N–H and O–H groups in total. The van der Waals surface area contributed by atoms with E-state index in [1.165, 1.54) is 0 Å². The minimum absolute atomic E-state index is 0.129. The number of methoxy groups -OCH3 is 1. The van der Waals surface area contributed by atoms with E-state index in [0.717, 1.165) is 38.3 Å². The van der Waals surface area contributed by atoms with Crippen molar-refractivity contribution in [2.24, 2.45) is 5.10 Å². The molecule has 3 aromatic rings. The fourth-order valence-electron chi connectivity index (χ4n) is 4.63. The number of amides is 1. The number of ether oxygens (including phenoxy) is 2. The van der Waals surface area contributed by atoms with Crippen LogP contribution in [0.3, 0.4) is 0 Å². The standard InChI is InChI=1S/C24H18BrN3O3/c1-30-16-9-6-14(7-10-16)20-13-21-17-12-15(25)8-11-22(17)31-24(28(21)27-20)18-4-2-3-5-19(18)26-23(24)29/h2-12,21H,13H2,1H3,(H,26,29)/t21-,24-/m1/s1. The number of benzene rings is 3. The SMILES string of the molecule is COc1ccc(C2=NN3[C@H](C2)c2cc(Br)ccc2O[C@]32C(=O)Nc3ccccc32)cc1. The molecular weight excluding hydrogens is 458 g/mol. The van der Waals surface area contributed by atoms with E-state index < -0.39 is 5.72 Å². The summed E-state index contributed by atoms with van der Waals surface area (Å²) in [5.41, 5.74) is 3.09. The first-order valence-electron chi connectivity index (χ1n) is 10.0. The van der Waals surface area contributed by atoms with E-state index in [1.54, 1.807) is 7.11 Å². The van der Waals surface area contributed by atoms with Gasteiger partial charge in [0.1, 0.15) is 11.5 Å². The Morgan fingerprint density at radius 3 is 2.77 bits per heavy atom. The van der Waals surface area contributed by atoms with Crippen LogP contribution in [0.5, 0.6) is 11.5 Å². The average Bonchev–Trinajstić information content (AvgIpc) is 3.36. The number of nitrogens with one attached hydrogen (secondary N) is 1. The number of halogens is 1. The van der Waals surface area contributed by atoms with E-state index in [1.807, 2.05) is 71.7 Å². The Morgan fingerprint density at radius 1 is 1.16 bits per heavy atom. The largest absolute Gasteiger partial charge is 0.497 e. The third-order valence-electron chi connectivity index (χ3n) is 6.09. The first-order valence-corrected chi connectivity index (χ1v) is 10.8. The molecule has 3 aliphatic rings. The Morgan fingerprint density at radius 2 is 1.97 bits per heavy atom. The zero-order valence-electron chi connectivity index (χ0n) is 16.6. The molecule has 0 unspecified atom stereocenters. The molecule has 154 valence electrons. The number of carbonyl (C=O) groups excluding carboxylic acids is 1. The van der Waals surface area contributed by atoms with Crippen molar-refractivity contribution in [3.05, 3.63) is 87.9 Å². The number of anilines is 1. The summed E-state index contributed by atoms with van der Waals surface area (Å²) in [7, 11) is 1.65. The van der Waals surface area contributed by atoms with Crippen molar-refractivity contribution in [1.29, 1.82) is 0 Å². The molecule has 3 aliphatic heterocycles. The highest BCUT2D eigenvalue weighted by atomic mass is 79.9. The maximum Gasteiger partial charge on any atom is 0.306 e. The summed E-state index contributed by atoms with van der Waals surface area (Å²) < 4.78 is 12.7.